The van der Waals surface area contributed by atoms with Crippen LogP contribution in [0.1, 0.15) is 58.8 Å². The van der Waals surface area contributed by atoms with Gasteiger partial charge in [-0.15, -0.1) is 0 Å². The number of nitrogens with two attached hydrogens (primary N) is 1. The minimum Gasteiger partial charge on any atom is -0.327 e. The summed E-state index contributed by atoms with van der Waals surface area (Å²) in [5.41, 5.74) is 6.05. The van der Waals surface area contributed by atoms with Gasteiger partial charge < -0.3 is 11.1 Å². The van der Waals surface area contributed by atoms with Crippen molar-refractivity contribution in [3.8, 4) is 0 Å². The number of unbranched alkanes of at least 4 members (excludes halogenated alkanes) is 2. The van der Waals surface area contributed by atoms with Crippen LogP contribution < -0.4 is 11.1 Å². The Morgan fingerprint density at radius 1 is 1.27 bits per heavy atom. The molecule has 2 atom stereocenters. The van der Waals surface area contributed by atoms with Gasteiger partial charge in [0.05, 0.1) is 0 Å². The van der Waals surface area contributed by atoms with Crippen molar-refractivity contribution in [2.24, 2.45) is 11.7 Å². The molecule has 2 unspecified atom stereocenters. The lowest BCUT2D eigenvalue weighted by molar-refractivity contribution is 0.451. The molecule has 2 nitrogen and oxygen atoms in total. The Balaban J connectivity index is 1.89. The molecule has 1 aliphatic rings. The summed E-state index contributed by atoms with van der Waals surface area (Å²) in [6, 6.07) is 1.13. The van der Waals surface area contributed by atoms with Gasteiger partial charge >= 0.3 is 0 Å². The van der Waals surface area contributed by atoms with Gasteiger partial charge in [-0.1, -0.05) is 26.2 Å². The molecule has 0 saturated heterocycles. The molecule has 0 heterocycles. The predicted molar refractivity (Wildman–Crippen MR) is 66.9 cm³/mol. The van der Waals surface area contributed by atoms with Crippen molar-refractivity contribution < 1.29 is 0 Å². The Morgan fingerprint density at radius 3 is 2.60 bits per heavy atom. The van der Waals surface area contributed by atoms with Gasteiger partial charge in [-0.05, 0) is 45.1 Å². The van der Waals surface area contributed by atoms with E-state index in [9.17, 15) is 0 Å². The van der Waals surface area contributed by atoms with E-state index in [-0.39, 0.29) is 0 Å². The van der Waals surface area contributed by atoms with Crippen molar-refractivity contribution in [2.75, 3.05) is 6.54 Å². The van der Waals surface area contributed by atoms with Crippen LogP contribution in [0.15, 0.2) is 0 Å². The van der Waals surface area contributed by atoms with E-state index in [4.69, 9.17) is 5.73 Å². The van der Waals surface area contributed by atoms with E-state index < -0.39 is 0 Å². The zero-order valence-electron chi connectivity index (χ0n) is 10.5. The molecule has 1 saturated carbocycles. The maximum Gasteiger partial charge on any atom is 0.00792 e. The molecule has 0 radical (unpaired) electrons. The maximum atomic E-state index is 6.05. The first-order valence-corrected chi connectivity index (χ1v) is 6.73. The summed E-state index contributed by atoms with van der Waals surface area (Å²) in [5, 5.41) is 3.58. The molecule has 0 spiro atoms. The van der Waals surface area contributed by atoms with Crippen LogP contribution in [-0.2, 0) is 0 Å². The van der Waals surface area contributed by atoms with Crippen molar-refractivity contribution in [3.63, 3.8) is 0 Å². The highest BCUT2D eigenvalue weighted by molar-refractivity contribution is 4.84. The van der Waals surface area contributed by atoms with E-state index in [0.29, 0.717) is 12.1 Å². The smallest absolute Gasteiger partial charge is 0.00792 e. The second kappa shape index (κ2) is 7.24. The SMILES string of the molecule is CCCCCC(C)NCCC(N)C1CC1. The fourth-order valence-corrected chi connectivity index (χ4v) is 2.06. The average molecular weight is 212 g/mol. The van der Waals surface area contributed by atoms with Gasteiger partial charge in [0, 0.05) is 12.1 Å². The molecule has 0 aromatic rings. The highest BCUT2D eigenvalue weighted by Gasteiger charge is 2.27. The minimum atomic E-state index is 0.459. The second-order valence-corrected chi connectivity index (χ2v) is 5.14. The third-order valence-electron chi connectivity index (χ3n) is 3.44. The van der Waals surface area contributed by atoms with E-state index in [2.05, 4.69) is 19.2 Å². The summed E-state index contributed by atoms with van der Waals surface area (Å²) < 4.78 is 0. The van der Waals surface area contributed by atoms with Crippen LogP contribution in [-0.4, -0.2) is 18.6 Å². The van der Waals surface area contributed by atoms with Gasteiger partial charge in [0.15, 0.2) is 0 Å². The van der Waals surface area contributed by atoms with Crippen LogP contribution in [0.25, 0.3) is 0 Å². The van der Waals surface area contributed by atoms with Gasteiger partial charge in [0.1, 0.15) is 0 Å². The molecule has 1 rings (SSSR count). The lowest BCUT2D eigenvalue weighted by Gasteiger charge is -2.15. The summed E-state index contributed by atoms with van der Waals surface area (Å²) in [7, 11) is 0. The molecule has 2 heteroatoms. The summed E-state index contributed by atoms with van der Waals surface area (Å²) in [6.07, 6.45) is 9.25. The summed E-state index contributed by atoms with van der Waals surface area (Å²) >= 11 is 0. The van der Waals surface area contributed by atoms with E-state index in [1.54, 1.807) is 0 Å². The quantitative estimate of drug-likeness (QED) is 0.577. The average Bonchev–Trinajstić information content (AvgIpc) is 3.01. The normalized spacial score (nSPS) is 20.2. The van der Waals surface area contributed by atoms with Crippen molar-refractivity contribution >= 4 is 0 Å². The largest absolute Gasteiger partial charge is 0.327 e. The summed E-state index contributed by atoms with van der Waals surface area (Å²) in [5.74, 6) is 0.849. The van der Waals surface area contributed by atoms with Gasteiger partial charge in [-0.25, -0.2) is 0 Å². The van der Waals surface area contributed by atoms with Gasteiger partial charge in [0.2, 0.25) is 0 Å². The Bertz CT molecular complexity index is 155. The number of hydrogen-bond donors (Lipinski definition) is 2. The highest BCUT2D eigenvalue weighted by Crippen LogP contribution is 2.32. The number of hydrogen-bond acceptors (Lipinski definition) is 2. The van der Waals surface area contributed by atoms with Crippen molar-refractivity contribution in [1.82, 2.24) is 5.32 Å². The zero-order valence-corrected chi connectivity index (χ0v) is 10.5. The lowest BCUT2D eigenvalue weighted by atomic mass is 10.1. The predicted octanol–water partition coefficient (Wildman–Crippen LogP) is 2.67. The minimum absolute atomic E-state index is 0.459. The van der Waals surface area contributed by atoms with E-state index in [1.807, 2.05) is 0 Å². The molecule has 0 aromatic heterocycles. The number of rotatable bonds is 9. The zero-order chi connectivity index (χ0) is 11.1. The van der Waals surface area contributed by atoms with Crippen molar-refractivity contribution in [1.29, 1.82) is 0 Å². The topological polar surface area (TPSA) is 38.0 Å². The molecule has 0 aromatic carbocycles. The molecule has 3 N–H and O–H groups in total. The first-order chi connectivity index (χ1) is 7.24. The monoisotopic (exact) mass is 212 g/mol. The van der Waals surface area contributed by atoms with Crippen LogP contribution in [0.3, 0.4) is 0 Å². The molecular formula is C13H28N2. The third kappa shape index (κ3) is 6.16. The maximum absolute atomic E-state index is 6.05. The molecule has 1 aliphatic carbocycles. The molecule has 0 aliphatic heterocycles. The first kappa shape index (κ1) is 13.0. The molecule has 90 valence electrons. The molecule has 0 bridgehead atoms. The summed E-state index contributed by atoms with van der Waals surface area (Å²) in [4.78, 5) is 0. The van der Waals surface area contributed by atoms with Gasteiger partial charge in [-0.2, -0.15) is 0 Å². The van der Waals surface area contributed by atoms with Crippen LogP contribution in [0.4, 0.5) is 0 Å². The number of nitrogens with one attached hydrogen (secondary N) is 1. The lowest BCUT2D eigenvalue weighted by Crippen LogP contribution is -2.32. The third-order valence-corrected chi connectivity index (χ3v) is 3.44. The van der Waals surface area contributed by atoms with Gasteiger partial charge in [-0.3, -0.25) is 0 Å². The van der Waals surface area contributed by atoms with Crippen LogP contribution >= 0.6 is 0 Å². The Kier molecular flexibility index (Phi) is 6.26. The molecular weight excluding hydrogens is 184 g/mol. The standard InChI is InChI=1S/C13H28N2/c1-3-4-5-6-11(2)15-10-9-13(14)12-7-8-12/h11-13,15H,3-10,14H2,1-2H3. The Hall–Kier alpha value is -0.0800. The fourth-order valence-electron chi connectivity index (χ4n) is 2.06. The van der Waals surface area contributed by atoms with Crippen molar-refractivity contribution in [2.45, 2.75) is 70.9 Å². The first-order valence-electron chi connectivity index (χ1n) is 6.73. The van der Waals surface area contributed by atoms with Gasteiger partial charge in [0.25, 0.3) is 0 Å². The van der Waals surface area contributed by atoms with Crippen LogP contribution in [0, 0.1) is 5.92 Å². The second-order valence-electron chi connectivity index (χ2n) is 5.14. The van der Waals surface area contributed by atoms with Crippen LogP contribution in [0.5, 0.6) is 0 Å². The fraction of sp³-hybridized carbons (Fsp3) is 1.00. The van der Waals surface area contributed by atoms with E-state index in [0.717, 1.165) is 18.9 Å². The molecule has 1 fully saturated rings. The highest BCUT2D eigenvalue weighted by atomic mass is 14.9. The Labute approximate surface area is 95.0 Å². The van der Waals surface area contributed by atoms with E-state index >= 15 is 0 Å². The summed E-state index contributed by atoms with van der Waals surface area (Å²) in [6.45, 7) is 5.65. The molecule has 15 heavy (non-hydrogen) atoms. The van der Waals surface area contributed by atoms with Crippen molar-refractivity contribution in [3.05, 3.63) is 0 Å². The van der Waals surface area contributed by atoms with E-state index in [1.165, 1.54) is 38.5 Å². The Morgan fingerprint density at radius 2 is 2.00 bits per heavy atom. The molecule has 0 amide bonds. The van der Waals surface area contributed by atoms with Crippen LogP contribution in [0.2, 0.25) is 0 Å².